The maximum atomic E-state index is 11.9. The van der Waals surface area contributed by atoms with E-state index >= 15 is 0 Å². The fraction of sp³-hybridized carbons (Fsp3) is 0.375. The van der Waals surface area contributed by atoms with Gasteiger partial charge in [-0.05, 0) is 30.5 Å². The molecule has 1 aliphatic heterocycles. The van der Waals surface area contributed by atoms with Gasteiger partial charge in [0.05, 0.1) is 0 Å². The molecule has 0 spiro atoms. The molecule has 2 N–H and O–H groups in total. The molecule has 1 fully saturated rings. The summed E-state index contributed by atoms with van der Waals surface area (Å²) in [5.74, 6) is 0.106. The lowest BCUT2D eigenvalue weighted by Crippen LogP contribution is -2.28. The van der Waals surface area contributed by atoms with Gasteiger partial charge in [-0.3, -0.25) is 9.59 Å². The molecule has 0 saturated heterocycles. The highest BCUT2D eigenvalue weighted by Gasteiger charge is 2.29. The van der Waals surface area contributed by atoms with E-state index in [1.165, 1.54) is 6.26 Å². The van der Waals surface area contributed by atoms with Crippen molar-refractivity contribution in [1.82, 2.24) is 5.32 Å². The van der Waals surface area contributed by atoms with Crippen LogP contribution in [0.15, 0.2) is 36.3 Å². The number of carbonyl (C=O) groups excluding carboxylic acids is 2. The Morgan fingerprint density at radius 1 is 1.23 bits per heavy atom. The van der Waals surface area contributed by atoms with Crippen LogP contribution in [0.4, 0.5) is 5.69 Å². The molecule has 1 aromatic rings. The van der Waals surface area contributed by atoms with Crippen LogP contribution in [0.5, 0.6) is 0 Å². The van der Waals surface area contributed by atoms with E-state index in [1.54, 1.807) is 0 Å². The van der Waals surface area contributed by atoms with Crippen molar-refractivity contribution in [3.8, 4) is 0 Å². The van der Waals surface area contributed by atoms with Crippen molar-refractivity contribution in [1.29, 1.82) is 0 Å². The molecule has 116 valence electrons. The first-order chi connectivity index (χ1) is 10.7. The van der Waals surface area contributed by atoms with Gasteiger partial charge in [-0.2, -0.15) is 0 Å². The Hall–Kier alpha value is -2.50. The molecule has 1 aromatic carbocycles. The summed E-state index contributed by atoms with van der Waals surface area (Å²) in [6, 6.07) is 7.43. The lowest BCUT2D eigenvalue weighted by Gasteiger charge is -2.15. The lowest BCUT2D eigenvalue weighted by atomic mass is 10.2. The second-order valence-electron chi connectivity index (χ2n) is 5.35. The highest BCUT2D eigenvalue weighted by Crippen LogP contribution is 2.30. The fourth-order valence-electron chi connectivity index (χ4n) is 2.11. The van der Waals surface area contributed by atoms with Crippen molar-refractivity contribution in [3.63, 3.8) is 0 Å². The number of amides is 2. The van der Waals surface area contributed by atoms with Gasteiger partial charge < -0.3 is 20.1 Å². The van der Waals surface area contributed by atoms with Gasteiger partial charge in [-0.1, -0.05) is 12.1 Å². The zero-order valence-corrected chi connectivity index (χ0v) is 12.1. The molecule has 2 amide bonds. The molecule has 1 saturated carbocycles. The first-order valence-electron chi connectivity index (χ1n) is 7.35. The van der Waals surface area contributed by atoms with E-state index in [9.17, 15) is 9.59 Å². The second kappa shape index (κ2) is 6.51. The van der Waals surface area contributed by atoms with E-state index in [0.717, 1.165) is 24.1 Å². The van der Waals surface area contributed by atoms with Crippen LogP contribution in [0.2, 0.25) is 0 Å². The molecule has 0 radical (unpaired) electrons. The summed E-state index contributed by atoms with van der Waals surface area (Å²) < 4.78 is 10.3. The molecule has 1 heterocycles. The van der Waals surface area contributed by atoms with Crippen molar-refractivity contribution in [2.45, 2.75) is 19.4 Å². The Labute approximate surface area is 128 Å². The van der Waals surface area contributed by atoms with Crippen molar-refractivity contribution in [2.75, 3.05) is 18.5 Å². The summed E-state index contributed by atoms with van der Waals surface area (Å²) >= 11 is 0. The van der Waals surface area contributed by atoms with E-state index in [0.29, 0.717) is 19.8 Å². The van der Waals surface area contributed by atoms with Gasteiger partial charge in [0.1, 0.15) is 19.5 Å². The molecule has 6 nitrogen and oxygen atoms in total. The molecule has 3 rings (SSSR count). The van der Waals surface area contributed by atoms with Crippen LogP contribution >= 0.6 is 0 Å². The zero-order valence-electron chi connectivity index (χ0n) is 12.1. The first kappa shape index (κ1) is 14.4. The van der Waals surface area contributed by atoms with Crippen molar-refractivity contribution in [2.24, 2.45) is 5.92 Å². The third kappa shape index (κ3) is 3.78. The molecule has 1 aliphatic carbocycles. The average Bonchev–Trinajstić information content (AvgIpc) is 3.39. The van der Waals surface area contributed by atoms with Crippen molar-refractivity contribution in [3.05, 3.63) is 41.9 Å². The molecular weight excluding hydrogens is 284 g/mol. The number of anilines is 1. The lowest BCUT2D eigenvalue weighted by molar-refractivity contribution is -0.122. The van der Waals surface area contributed by atoms with Crippen LogP contribution in [-0.4, -0.2) is 25.0 Å². The first-order valence-corrected chi connectivity index (χ1v) is 7.35. The van der Waals surface area contributed by atoms with Crippen LogP contribution < -0.4 is 10.6 Å². The van der Waals surface area contributed by atoms with Gasteiger partial charge >= 0.3 is 0 Å². The van der Waals surface area contributed by atoms with Crippen molar-refractivity contribution >= 4 is 17.5 Å². The maximum absolute atomic E-state index is 11.9. The van der Waals surface area contributed by atoms with E-state index in [1.807, 2.05) is 24.3 Å². The minimum absolute atomic E-state index is 0.0686. The molecule has 0 bridgehead atoms. The van der Waals surface area contributed by atoms with E-state index in [4.69, 9.17) is 9.47 Å². The molecule has 6 heteroatoms. The SMILES string of the molecule is O=C(NCc1cccc(NC(=O)C2CC2)c1)C1=COCCO1. The van der Waals surface area contributed by atoms with Gasteiger partial charge in [0.15, 0.2) is 0 Å². The molecule has 2 aliphatic rings. The number of rotatable bonds is 5. The summed E-state index contributed by atoms with van der Waals surface area (Å²) in [7, 11) is 0. The average molecular weight is 302 g/mol. The normalized spacial score (nSPS) is 16.8. The predicted octanol–water partition coefficient (Wildman–Crippen LogP) is 1.54. The molecule has 0 unspecified atom stereocenters. The third-order valence-corrected chi connectivity index (χ3v) is 3.47. The minimum atomic E-state index is -0.313. The largest absolute Gasteiger partial charge is 0.494 e. The van der Waals surface area contributed by atoms with E-state index in [2.05, 4.69) is 10.6 Å². The van der Waals surface area contributed by atoms with Crippen LogP contribution in [-0.2, 0) is 25.6 Å². The molecular formula is C16H18N2O4. The Kier molecular flexibility index (Phi) is 4.27. The van der Waals surface area contributed by atoms with Crippen LogP contribution in [0, 0.1) is 5.92 Å². The summed E-state index contributed by atoms with van der Waals surface area (Å²) in [4.78, 5) is 23.6. The summed E-state index contributed by atoms with van der Waals surface area (Å²) in [5, 5.41) is 5.65. The standard InChI is InChI=1S/C16H18N2O4/c19-15(12-4-5-12)18-13-3-1-2-11(8-13)9-17-16(20)14-10-21-6-7-22-14/h1-3,8,10,12H,4-7,9H2,(H,17,20)(H,18,19). The minimum Gasteiger partial charge on any atom is -0.494 e. The summed E-state index contributed by atoms with van der Waals surface area (Å²) in [6.45, 7) is 1.19. The Bertz CT molecular complexity index is 608. The molecule has 0 aromatic heterocycles. The van der Waals surface area contributed by atoms with E-state index < -0.39 is 0 Å². The second-order valence-corrected chi connectivity index (χ2v) is 5.35. The molecule has 22 heavy (non-hydrogen) atoms. The van der Waals surface area contributed by atoms with E-state index in [-0.39, 0.29) is 23.5 Å². The Morgan fingerprint density at radius 2 is 2.09 bits per heavy atom. The van der Waals surface area contributed by atoms with Crippen molar-refractivity contribution < 1.29 is 19.1 Å². The quantitative estimate of drug-likeness (QED) is 0.865. The van der Waals surface area contributed by atoms with Gasteiger partial charge in [0.25, 0.3) is 5.91 Å². The predicted molar refractivity (Wildman–Crippen MR) is 79.6 cm³/mol. The number of benzene rings is 1. The topological polar surface area (TPSA) is 76.7 Å². The van der Waals surface area contributed by atoms with Crippen LogP contribution in [0.3, 0.4) is 0 Å². The van der Waals surface area contributed by atoms with Gasteiger partial charge in [0, 0.05) is 18.2 Å². The highest BCUT2D eigenvalue weighted by atomic mass is 16.6. The monoisotopic (exact) mass is 302 g/mol. The van der Waals surface area contributed by atoms with Gasteiger partial charge in [0.2, 0.25) is 11.7 Å². The smallest absolute Gasteiger partial charge is 0.289 e. The fourth-order valence-corrected chi connectivity index (χ4v) is 2.11. The van der Waals surface area contributed by atoms with Crippen LogP contribution in [0.25, 0.3) is 0 Å². The number of nitrogens with one attached hydrogen (secondary N) is 2. The van der Waals surface area contributed by atoms with Gasteiger partial charge in [-0.15, -0.1) is 0 Å². The summed E-state index contributed by atoms with van der Waals surface area (Å²) in [6.07, 6.45) is 3.27. The third-order valence-electron chi connectivity index (χ3n) is 3.47. The van der Waals surface area contributed by atoms with Gasteiger partial charge in [-0.25, -0.2) is 0 Å². The molecule has 0 atom stereocenters. The highest BCUT2D eigenvalue weighted by molar-refractivity contribution is 5.94. The number of hydrogen-bond donors (Lipinski definition) is 2. The number of ether oxygens (including phenoxy) is 2. The maximum Gasteiger partial charge on any atom is 0.289 e. The Morgan fingerprint density at radius 3 is 2.82 bits per heavy atom. The number of hydrogen-bond acceptors (Lipinski definition) is 4. The Balaban J connectivity index is 1.54. The zero-order chi connectivity index (χ0) is 15.4. The summed E-state index contributed by atoms with van der Waals surface area (Å²) in [5.41, 5.74) is 1.65. The number of carbonyl (C=O) groups is 2. The van der Waals surface area contributed by atoms with Crippen LogP contribution in [0.1, 0.15) is 18.4 Å².